The molecule has 0 saturated heterocycles. The third-order valence-electron chi connectivity index (χ3n) is 3.20. The van der Waals surface area contributed by atoms with Crippen molar-refractivity contribution in [2.75, 3.05) is 19.7 Å². The van der Waals surface area contributed by atoms with Gasteiger partial charge in [-0.05, 0) is 32.5 Å². The van der Waals surface area contributed by atoms with Crippen LogP contribution in [0, 0.1) is 0 Å². The summed E-state index contributed by atoms with van der Waals surface area (Å²) in [7, 11) is 0. The van der Waals surface area contributed by atoms with Crippen molar-refractivity contribution in [2.45, 2.75) is 33.7 Å². The van der Waals surface area contributed by atoms with Gasteiger partial charge in [0.1, 0.15) is 11.6 Å². The molecule has 4 nitrogen and oxygen atoms in total. The van der Waals surface area contributed by atoms with Gasteiger partial charge in [0.2, 0.25) is 0 Å². The highest BCUT2D eigenvalue weighted by Gasteiger charge is 2.09. The van der Waals surface area contributed by atoms with Gasteiger partial charge in [0.15, 0.2) is 0 Å². The molecule has 0 saturated carbocycles. The average Bonchev–Trinajstić information content (AvgIpc) is 2.76. The fraction of sp³-hybridized carbons (Fsp3) is 0.533. The van der Waals surface area contributed by atoms with Gasteiger partial charge in [0.25, 0.3) is 0 Å². The minimum atomic E-state index is 0.688. The van der Waals surface area contributed by atoms with E-state index in [-0.39, 0.29) is 0 Å². The smallest absolute Gasteiger partial charge is 0.121 e. The van der Waals surface area contributed by atoms with E-state index < -0.39 is 0 Å². The van der Waals surface area contributed by atoms with Gasteiger partial charge in [-0.2, -0.15) is 0 Å². The van der Waals surface area contributed by atoms with Crippen LogP contribution in [0.1, 0.15) is 26.6 Å². The number of ether oxygens (including phenoxy) is 1. The zero-order valence-electron chi connectivity index (χ0n) is 12.1. The summed E-state index contributed by atoms with van der Waals surface area (Å²) < 4.78 is 7.81. The molecule has 0 unspecified atom stereocenters. The summed E-state index contributed by atoms with van der Waals surface area (Å²) in [6.45, 7) is 9.89. The van der Waals surface area contributed by atoms with E-state index in [9.17, 15) is 0 Å². The van der Waals surface area contributed by atoms with Crippen molar-refractivity contribution >= 4 is 11.0 Å². The van der Waals surface area contributed by atoms with Crippen molar-refractivity contribution in [3.05, 3.63) is 24.0 Å². The van der Waals surface area contributed by atoms with Gasteiger partial charge >= 0.3 is 0 Å². The van der Waals surface area contributed by atoms with E-state index in [1.165, 1.54) is 5.52 Å². The molecule has 0 aliphatic rings. The molecule has 0 aliphatic carbocycles. The summed E-state index contributed by atoms with van der Waals surface area (Å²) in [5.41, 5.74) is 2.22. The third-order valence-corrected chi connectivity index (χ3v) is 3.20. The second-order valence-electron chi connectivity index (χ2n) is 4.46. The Morgan fingerprint density at radius 2 is 2.11 bits per heavy atom. The van der Waals surface area contributed by atoms with Crippen LogP contribution in [0.25, 0.3) is 11.0 Å². The minimum absolute atomic E-state index is 0.688. The molecule has 0 radical (unpaired) electrons. The first kappa shape index (κ1) is 13.9. The number of aryl methyl sites for hydroxylation is 1. The summed E-state index contributed by atoms with van der Waals surface area (Å²) in [4.78, 5) is 4.74. The van der Waals surface area contributed by atoms with Crippen molar-refractivity contribution in [1.29, 1.82) is 0 Å². The Kier molecular flexibility index (Phi) is 4.80. The summed E-state index contributed by atoms with van der Waals surface area (Å²) in [6, 6.07) is 6.16. The fourth-order valence-corrected chi connectivity index (χ4v) is 2.34. The van der Waals surface area contributed by atoms with Crippen LogP contribution in [-0.2, 0) is 13.0 Å². The summed E-state index contributed by atoms with van der Waals surface area (Å²) in [6.07, 6.45) is 0.959. The molecule has 2 aromatic rings. The Labute approximate surface area is 114 Å². The number of nitrogens with one attached hydrogen (secondary N) is 1. The molecule has 1 N–H and O–H groups in total. The van der Waals surface area contributed by atoms with Gasteiger partial charge in [-0.15, -0.1) is 0 Å². The van der Waals surface area contributed by atoms with Crippen LogP contribution in [0.15, 0.2) is 18.2 Å². The van der Waals surface area contributed by atoms with E-state index in [2.05, 4.69) is 29.8 Å². The molecule has 0 bridgehead atoms. The summed E-state index contributed by atoms with van der Waals surface area (Å²) >= 11 is 0. The Morgan fingerprint density at radius 1 is 1.26 bits per heavy atom. The second-order valence-corrected chi connectivity index (χ2v) is 4.46. The Balaban J connectivity index is 2.30. The Bertz CT molecular complexity index is 533. The van der Waals surface area contributed by atoms with Crippen LogP contribution in [0.4, 0.5) is 0 Å². The lowest BCUT2D eigenvalue weighted by Gasteiger charge is -2.06. The van der Waals surface area contributed by atoms with E-state index in [1.54, 1.807) is 0 Å². The molecule has 0 atom stereocenters. The van der Waals surface area contributed by atoms with Gasteiger partial charge in [-0.25, -0.2) is 4.98 Å². The number of imidazole rings is 1. The van der Waals surface area contributed by atoms with E-state index in [0.717, 1.165) is 43.1 Å². The molecule has 1 heterocycles. The highest BCUT2D eigenvalue weighted by atomic mass is 16.5. The SMILES string of the molecule is CCNCCc1nc2cc(OCC)ccc2n1CC. The lowest BCUT2D eigenvalue weighted by molar-refractivity contribution is 0.340. The average molecular weight is 261 g/mol. The highest BCUT2D eigenvalue weighted by molar-refractivity contribution is 5.77. The number of rotatable bonds is 7. The molecule has 19 heavy (non-hydrogen) atoms. The maximum atomic E-state index is 5.53. The number of likely N-dealkylation sites (N-methyl/N-ethyl adjacent to an activating group) is 1. The number of benzene rings is 1. The minimum Gasteiger partial charge on any atom is -0.494 e. The van der Waals surface area contributed by atoms with E-state index >= 15 is 0 Å². The number of aromatic nitrogens is 2. The molecule has 1 aromatic heterocycles. The summed E-state index contributed by atoms with van der Waals surface area (Å²) in [5, 5.41) is 3.35. The lowest BCUT2D eigenvalue weighted by atomic mass is 10.3. The number of fused-ring (bicyclic) bond motifs is 1. The van der Waals surface area contributed by atoms with Crippen LogP contribution < -0.4 is 10.1 Å². The molecule has 0 spiro atoms. The standard InChI is InChI=1S/C15H23N3O/c1-4-16-10-9-15-17-13-11-12(19-6-3)7-8-14(13)18(15)5-2/h7-8,11,16H,4-6,9-10H2,1-3H3. The Morgan fingerprint density at radius 3 is 2.79 bits per heavy atom. The number of nitrogens with zero attached hydrogens (tertiary/aromatic N) is 2. The van der Waals surface area contributed by atoms with Crippen LogP contribution in [0.3, 0.4) is 0 Å². The van der Waals surface area contributed by atoms with Crippen molar-refractivity contribution in [2.24, 2.45) is 0 Å². The monoisotopic (exact) mass is 261 g/mol. The maximum absolute atomic E-state index is 5.53. The molecule has 0 fully saturated rings. The van der Waals surface area contributed by atoms with Gasteiger partial charge in [-0.1, -0.05) is 6.92 Å². The second kappa shape index (κ2) is 6.57. The first-order valence-corrected chi connectivity index (χ1v) is 7.12. The van der Waals surface area contributed by atoms with Crippen LogP contribution in [0.2, 0.25) is 0 Å². The zero-order chi connectivity index (χ0) is 13.7. The largest absolute Gasteiger partial charge is 0.494 e. The summed E-state index contributed by atoms with van der Waals surface area (Å²) in [5.74, 6) is 2.04. The fourth-order valence-electron chi connectivity index (χ4n) is 2.34. The van der Waals surface area contributed by atoms with Gasteiger partial charge in [0, 0.05) is 25.6 Å². The van der Waals surface area contributed by atoms with Gasteiger partial charge < -0.3 is 14.6 Å². The molecular weight excluding hydrogens is 238 g/mol. The van der Waals surface area contributed by atoms with Crippen molar-refractivity contribution in [3.63, 3.8) is 0 Å². The molecule has 1 aromatic carbocycles. The lowest BCUT2D eigenvalue weighted by Crippen LogP contribution is -2.18. The predicted octanol–water partition coefficient (Wildman–Crippen LogP) is 2.61. The molecule has 4 heteroatoms. The van der Waals surface area contributed by atoms with E-state index in [1.807, 2.05) is 19.1 Å². The first-order valence-electron chi connectivity index (χ1n) is 7.12. The number of hydrogen-bond acceptors (Lipinski definition) is 3. The third kappa shape index (κ3) is 3.07. The van der Waals surface area contributed by atoms with E-state index in [4.69, 9.17) is 9.72 Å². The molecule has 2 rings (SSSR count). The maximum Gasteiger partial charge on any atom is 0.121 e. The van der Waals surface area contributed by atoms with Crippen LogP contribution in [-0.4, -0.2) is 29.2 Å². The van der Waals surface area contributed by atoms with Crippen LogP contribution in [0.5, 0.6) is 5.75 Å². The van der Waals surface area contributed by atoms with Gasteiger partial charge in [-0.3, -0.25) is 0 Å². The molecular formula is C15H23N3O. The van der Waals surface area contributed by atoms with Crippen molar-refractivity contribution in [3.8, 4) is 5.75 Å². The topological polar surface area (TPSA) is 39.1 Å². The highest BCUT2D eigenvalue weighted by Crippen LogP contribution is 2.22. The Hall–Kier alpha value is -1.55. The predicted molar refractivity (Wildman–Crippen MR) is 78.8 cm³/mol. The molecule has 0 aliphatic heterocycles. The number of hydrogen-bond donors (Lipinski definition) is 1. The zero-order valence-corrected chi connectivity index (χ0v) is 12.1. The van der Waals surface area contributed by atoms with Crippen molar-refractivity contribution in [1.82, 2.24) is 14.9 Å². The van der Waals surface area contributed by atoms with Crippen LogP contribution >= 0.6 is 0 Å². The van der Waals surface area contributed by atoms with E-state index in [0.29, 0.717) is 6.61 Å². The normalized spacial score (nSPS) is 11.1. The molecule has 0 amide bonds. The molecule has 104 valence electrons. The van der Waals surface area contributed by atoms with Gasteiger partial charge in [0.05, 0.1) is 17.6 Å². The first-order chi connectivity index (χ1) is 9.30. The quantitative estimate of drug-likeness (QED) is 0.779. The van der Waals surface area contributed by atoms with Crippen molar-refractivity contribution < 1.29 is 4.74 Å².